The minimum atomic E-state index is -0.618. The van der Waals surface area contributed by atoms with E-state index < -0.39 is 12.1 Å². The summed E-state index contributed by atoms with van der Waals surface area (Å²) < 4.78 is 0. The van der Waals surface area contributed by atoms with Crippen molar-refractivity contribution in [3.63, 3.8) is 0 Å². The van der Waals surface area contributed by atoms with Crippen LogP contribution in [0.15, 0.2) is 9.98 Å². The first kappa shape index (κ1) is 31.1. The number of unbranched alkanes of at least 4 members (excludes halogenated alkanes) is 3. The Hall–Kier alpha value is -2.92. The van der Waals surface area contributed by atoms with E-state index in [0.29, 0.717) is 50.9 Å². The van der Waals surface area contributed by atoms with Gasteiger partial charge in [-0.2, -0.15) is 0 Å². The average molecular weight is 485 g/mol. The molecule has 12 nitrogen and oxygen atoms in total. The first-order valence-electron chi connectivity index (χ1n) is 12.4. The van der Waals surface area contributed by atoms with Gasteiger partial charge in [0, 0.05) is 26.2 Å². The predicted molar refractivity (Wildman–Crippen MR) is 138 cm³/mol. The summed E-state index contributed by atoms with van der Waals surface area (Å²) in [6.45, 7) is 10.4. The number of guanidine groups is 2. The van der Waals surface area contributed by atoms with Gasteiger partial charge in [0.15, 0.2) is 0 Å². The predicted octanol–water partition coefficient (Wildman–Crippen LogP) is 1.82. The zero-order chi connectivity index (χ0) is 25.9. The number of primary amides is 2. The number of nitrogens with one attached hydrogen (secondary N) is 2. The monoisotopic (exact) mass is 484 g/mol. The summed E-state index contributed by atoms with van der Waals surface area (Å²) in [5, 5.41) is 2.53. The lowest BCUT2D eigenvalue weighted by molar-refractivity contribution is 0.190. The maximum Gasteiger partial charge on any atom is 0.333 e. The van der Waals surface area contributed by atoms with E-state index >= 15 is 0 Å². The van der Waals surface area contributed by atoms with Gasteiger partial charge in [0.2, 0.25) is 11.9 Å². The van der Waals surface area contributed by atoms with Gasteiger partial charge < -0.3 is 22.9 Å². The van der Waals surface area contributed by atoms with Crippen molar-refractivity contribution in [2.45, 2.75) is 79.1 Å². The largest absolute Gasteiger partial charge is 0.369 e. The summed E-state index contributed by atoms with van der Waals surface area (Å²) in [5.41, 5.74) is 28.2. The van der Waals surface area contributed by atoms with E-state index in [4.69, 9.17) is 22.9 Å². The maximum atomic E-state index is 11.7. The van der Waals surface area contributed by atoms with Gasteiger partial charge in [-0.05, 0) is 24.7 Å². The lowest BCUT2D eigenvalue weighted by atomic mass is 10.0. The number of nitrogens with zero attached hydrogens (tertiary/aromatic N) is 4. The van der Waals surface area contributed by atoms with Gasteiger partial charge >= 0.3 is 12.1 Å². The Morgan fingerprint density at radius 2 is 0.971 bits per heavy atom. The molecule has 198 valence electrons. The van der Waals surface area contributed by atoms with Gasteiger partial charge in [-0.25, -0.2) is 19.6 Å². The van der Waals surface area contributed by atoms with Gasteiger partial charge in [-0.1, -0.05) is 66.2 Å². The van der Waals surface area contributed by atoms with Crippen molar-refractivity contribution in [2.75, 3.05) is 26.2 Å². The van der Waals surface area contributed by atoms with Crippen LogP contribution in [-0.2, 0) is 0 Å². The highest BCUT2D eigenvalue weighted by Crippen LogP contribution is 2.08. The van der Waals surface area contributed by atoms with Crippen LogP contribution < -0.4 is 33.8 Å². The van der Waals surface area contributed by atoms with Crippen molar-refractivity contribution in [1.29, 1.82) is 0 Å². The van der Waals surface area contributed by atoms with Gasteiger partial charge in [-0.3, -0.25) is 20.8 Å². The molecule has 0 heterocycles. The van der Waals surface area contributed by atoms with Crippen molar-refractivity contribution in [3.8, 4) is 0 Å². The molecule has 10 N–H and O–H groups in total. The van der Waals surface area contributed by atoms with Crippen molar-refractivity contribution >= 4 is 24.0 Å². The van der Waals surface area contributed by atoms with Gasteiger partial charge in [0.05, 0.1) is 0 Å². The number of amides is 4. The molecule has 0 unspecified atom stereocenters. The van der Waals surface area contributed by atoms with E-state index in [1.165, 1.54) is 10.0 Å². The third kappa shape index (κ3) is 14.3. The van der Waals surface area contributed by atoms with Gasteiger partial charge in [0.1, 0.15) is 0 Å². The first-order valence-corrected chi connectivity index (χ1v) is 12.4. The minimum Gasteiger partial charge on any atom is -0.369 e. The van der Waals surface area contributed by atoms with Crippen LogP contribution in [0.25, 0.3) is 0 Å². The normalized spacial score (nSPS) is 12.2. The second kappa shape index (κ2) is 18.5. The molecular weight excluding hydrogens is 436 g/mol. The fraction of sp³-hybridized carbons (Fsp3) is 0.818. The molecule has 0 aliphatic heterocycles. The van der Waals surface area contributed by atoms with Crippen LogP contribution in [0.3, 0.4) is 0 Å². The topological polar surface area (TPSA) is 193 Å². The Morgan fingerprint density at radius 1 is 0.647 bits per heavy atom. The smallest absolute Gasteiger partial charge is 0.333 e. The molecule has 0 aliphatic rings. The number of carbonyl (C=O) groups excluding carboxylic acids is 2. The molecule has 0 bridgehead atoms. The van der Waals surface area contributed by atoms with E-state index in [0.717, 1.165) is 38.5 Å². The summed E-state index contributed by atoms with van der Waals surface area (Å²) in [6, 6.07) is -1.24. The van der Waals surface area contributed by atoms with Crippen LogP contribution in [0, 0.1) is 11.8 Å². The Kier molecular flexibility index (Phi) is 16.9. The van der Waals surface area contributed by atoms with Crippen molar-refractivity contribution < 1.29 is 9.59 Å². The first-order chi connectivity index (χ1) is 16.2. The Balaban J connectivity index is 4.40. The summed E-state index contributed by atoms with van der Waals surface area (Å²) in [4.78, 5) is 32.0. The quantitative estimate of drug-likeness (QED) is 0.0887. The molecule has 34 heavy (non-hydrogen) atoms. The Bertz CT molecular complexity index is 579. The molecule has 0 aromatic rings. The molecule has 0 rings (SSSR count). The molecule has 0 atom stereocenters. The van der Waals surface area contributed by atoms with E-state index in [1.54, 1.807) is 0 Å². The summed E-state index contributed by atoms with van der Waals surface area (Å²) in [6.07, 6.45) is 7.14. The standard InChI is InChI=1S/C22H48N10O2/c1-5-17(6-2)15-27-19(23)29-31(21(25)33)13-11-9-10-12-14-32(22(26)34)30-20(24)28-16-18(7-3)8-4/h17-18H,5-16H2,1-4H3,(H2,25,33)(H2,26,34)(H3,23,27,29)(H3,24,28,30). The minimum absolute atomic E-state index is 0.178. The highest BCUT2D eigenvalue weighted by molar-refractivity contribution is 5.82. The molecular formula is C22H48N10O2. The third-order valence-corrected chi connectivity index (χ3v) is 5.89. The average Bonchev–Trinajstić information content (AvgIpc) is 2.80. The van der Waals surface area contributed by atoms with Crippen LogP contribution in [0.1, 0.15) is 79.1 Å². The van der Waals surface area contributed by atoms with E-state index in [9.17, 15) is 9.59 Å². The number of rotatable bonds is 15. The highest BCUT2D eigenvalue weighted by Gasteiger charge is 2.12. The lowest BCUT2D eigenvalue weighted by Gasteiger charge is -2.23. The van der Waals surface area contributed by atoms with E-state index in [1.807, 2.05) is 0 Å². The number of urea groups is 2. The van der Waals surface area contributed by atoms with Crippen LogP contribution in [0.2, 0.25) is 0 Å². The highest BCUT2D eigenvalue weighted by atomic mass is 16.2. The molecule has 0 radical (unpaired) electrons. The second-order valence-electron chi connectivity index (χ2n) is 8.43. The summed E-state index contributed by atoms with van der Waals surface area (Å²) in [7, 11) is 0. The van der Waals surface area contributed by atoms with Gasteiger partial charge in [0.25, 0.3) is 0 Å². The fourth-order valence-corrected chi connectivity index (χ4v) is 3.23. The second-order valence-corrected chi connectivity index (χ2v) is 8.43. The van der Waals surface area contributed by atoms with Crippen LogP contribution in [0.4, 0.5) is 9.59 Å². The van der Waals surface area contributed by atoms with Crippen LogP contribution in [0.5, 0.6) is 0 Å². The molecule has 0 fully saturated rings. The van der Waals surface area contributed by atoms with Crippen molar-refractivity contribution in [1.82, 2.24) is 20.9 Å². The third-order valence-electron chi connectivity index (χ3n) is 5.89. The number of hydrazine groups is 2. The molecule has 0 saturated carbocycles. The molecule has 0 saturated heterocycles. The van der Waals surface area contributed by atoms with Crippen molar-refractivity contribution in [2.24, 2.45) is 44.8 Å². The summed E-state index contributed by atoms with van der Waals surface area (Å²) >= 11 is 0. The van der Waals surface area contributed by atoms with Crippen LogP contribution in [-0.4, -0.2) is 60.2 Å². The lowest BCUT2D eigenvalue weighted by Crippen LogP contribution is -2.52. The zero-order valence-electron chi connectivity index (χ0n) is 21.6. The van der Waals surface area contributed by atoms with Crippen molar-refractivity contribution in [3.05, 3.63) is 0 Å². The Labute approximate surface area is 204 Å². The zero-order valence-corrected chi connectivity index (χ0v) is 21.6. The van der Waals surface area contributed by atoms with Gasteiger partial charge in [-0.15, -0.1) is 0 Å². The number of carbonyl (C=O) groups is 2. The van der Waals surface area contributed by atoms with Crippen LogP contribution >= 0.6 is 0 Å². The molecule has 0 aromatic heterocycles. The summed E-state index contributed by atoms with van der Waals surface area (Å²) in [5.74, 6) is 1.28. The van der Waals surface area contributed by atoms with E-state index in [2.05, 4.69) is 48.5 Å². The SMILES string of the molecule is CCC(CC)CN=C(N)NN(CCCCCCN(NC(N)=NCC(CC)CC)C(N)=O)C(N)=O. The fourth-order valence-electron chi connectivity index (χ4n) is 3.23. The molecule has 4 amide bonds. The van der Waals surface area contributed by atoms with E-state index in [-0.39, 0.29) is 11.9 Å². The maximum absolute atomic E-state index is 11.7. The molecule has 0 aliphatic carbocycles. The molecule has 0 spiro atoms. The number of aliphatic imine (C=N–C) groups is 2. The molecule has 12 heteroatoms. The number of hydrogen-bond donors (Lipinski definition) is 6. The number of nitrogens with two attached hydrogens (primary N) is 4. The number of hydrogen-bond acceptors (Lipinski definition) is 4. The Morgan fingerprint density at radius 3 is 1.24 bits per heavy atom. The molecule has 0 aromatic carbocycles.